The lowest BCUT2D eigenvalue weighted by atomic mass is 10.1. The van der Waals surface area contributed by atoms with Gasteiger partial charge in [-0.1, -0.05) is 24.3 Å². The summed E-state index contributed by atoms with van der Waals surface area (Å²) in [4.78, 5) is 0. The van der Waals surface area contributed by atoms with Gasteiger partial charge in [0.15, 0.2) is 0 Å². The van der Waals surface area contributed by atoms with Crippen LogP contribution in [-0.4, -0.2) is 6.61 Å². The molecule has 1 atom stereocenters. The molecule has 0 fully saturated rings. The van der Waals surface area contributed by atoms with Crippen molar-refractivity contribution < 1.29 is 4.74 Å². The lowest BCUT2D eigenvalue weighted by Gasteiger charge is -2.13. The minimum atomic E-state index is -0.0938. The van der Waals surface area contributed by atoms with Gasteiger partial charge in [-0.3, -0.25) is 0 Å². The second-order valence-corrected chi connectivity index (χ2v) is 2.64. The van der Waals surface area contributed by atoms with Crippen LogP contribution >= 0.6 is 0 Å². The van der Waals surface area contributed by atoms with Crippen LogP contribution in [0.1, 0.15) is 24.2 Å². The lowest BCUT2D eigenvalue weighted by Crippen LogP contribution is -2.01. The molecule has 1 aromatic rings. The van der Waals surface area contributed by atoms with Crippen molar-refractivity contribution in [3.8, 4) is 0 Å². The monoisotopic (exact) mass is 162 g/mol. The Morgan fingerprint density at radius 1 is 1.42 bits per heavy atom. The van der Waals surface area contributed by atoms with E-state index in [1.165, 1.54) is 0 Å². The molecule has 64 valence electrons. The van der Waals surface area contributed by atoms with Crippen molar-refractivity contribution >= 4 is 0 Å². The van der Waals surface area contributed by atoms with Gasteiger partial charge in [-0.05, 0) is 31.9 Å². The van der Waals surface area contributed by atoms with E-state index in [1.807, 2.05) is 31.2 Å². The minimum absolute atomic E-state index is 0.0938. The molecule has 0 aliphatic rings. The molecule has 0 aromatic heterocycles. The van der Waals surface area contributed by atoms with Gasteiger partial charge in [-0.25, -0.2) is 0 Å². The maximum atomic E-state index is 5.36. The van der Waals surface area contributed by atoms with Crippen LogP contribution in [0.25, 0.3) is 0 Å². The van der Waals surface area contributed by atoms with Gasteiger partial charge in [0.1, 0.15) is 0 Å². The predicted molar refractivity (Wildman–Crippen MR) is 50.6 cm³/mol. The number of ether oxygens (including phenoxy) is 1. The average molecular weight is 162 g/mol. The standard InChI is InChI=1S/C11H14O/c1-4-12-10(3)11-8-6-5-7-9(11)2/h5-8,10H,2-4H2,1H3. The van der Waals surface area contributed by atoms with Gasteiger partial charge in [-0.15, -0.1) is 0 Å². The fourth-order valence-electron chi connectivity index (χ4n) is 1.14. The van der Waals surface area contributed by atoms with Crippen molar-refractivity contribution in [2.75, 3.05) is 6.61 Å². The maximum Gasteiger partial charge on any atom is 0.0828 e. The van der Waals surface area contributed by atoms with Crippen molar-refractivity contribution in [2.45, 2.75) is 13.0 Å². The molecule has 0 aliphatic heterocycles. The topological polar surface area (TPSA) is 9.23 Å². The SMILES string of the molecule is [CH2]c1ccccc1C([CH2])OCC. The summed E-state index contributed by atoms with van der Waals surface area (Å²) in [5, 5.41) is 0. The van der Waals surface area contributed by atoms with E-state index in [4.69, 9.17) is 4.74 Å². The first-order valence-corrected chi connectivity index (χ1v) is 4.11. The lowest BCUT2D eigenvalue weighted by molar-refractivity contribution is 0.0946. The highest BCUT2D eigenvalue weighted by Gasteiger charge is 2.06. The fourth-order valence-corrected chi connectivity index (χ4v) is 1.14. The Balaban J connectivity index is 2.79. The van der Waals surface area contributed by atoms with Crippen LogP contribution in [0.5, 0.6) is 0 Å². The van der Waals surface area contributed by atoms with E-state index in [1.54, 1.807) is 0 Å². The molecule has 0 saturated heterocycles. The second kappa shape index (κ2) is 4.27. The van der Waals surface area contributed by atoms with Gasteiger partial charge in [0.05, 0.1) is 6.10 Å². The first kappa shape index (κ1) is 9.27. The van der Waals surface area contributed by atoms with Crippen molar-refractivity contribution in [3.05, 3.63) is 49.2 Å². The third kappa shape index (κ3) is 2.08. The Hall–Kier alpha value is -0.820. The first-order valence-electron chi connectivity index (χ1n) is 4.11. The predicted octanol–water partition coefficient (Wildman–Crippen LogP) is 2.78. The molecular weight excluding hydrogens is 148 g/mol. The van der Waals surface area contributed by atoms with Crippen LogP contribution in [0, 0.1) is 13.8 Å². The number of hydrogen-bond donors (Lipinski definition) is 0. The van der Waals surface area contributed by atoms with E-state index >= 15 is 0 Å². The summed E-state index contributed by atoms with van der Waals surface area (Å²) in [7, 11) is 0. The van der Waals surface area contributed by atoms with Gasteiger partial charge in [0.25, 0.3) is 0 Å². The smallest absolute Gasteiger partial charge is 0.0828 e. The molecule has 2 radical (unpaired) electrons. The van der Waals surface area contributed by atoms with Crippen molar-refractivity contribution in [1.82, 2.24) is 0 Å². The first-order chi connectivity index (χ1) is 5.75. The molecule has 1 unspecified atom stereocenters. The van der Waals surface area contributed by atoms with Crippen LogP contribution in [0.4, 0.5) is 0 Å². The van der Waals surface area contributed by atoms with Crippen LogP contribution in [0.2, 0.25) is 0 Å². The normalized spacial score (nSPS) is 12.9. The molecule has 12 heavy (non-hydrogen) atoms. The summed E-state index contributed by atoms with van der Waals surface area (Å²) in [5.74, 6) is 0. The number of benzene rings is 1. The van der Waals surface area contributed by atoms with Gasteiger partial charge in [0, 0.05) is 6.61 Å². The van der Waals surface area contributed by atoms with Crippen molar-refractivity contribution in [3.63, 3.8) is 0 Å². The second-order valence-electron chi connectivity index (χ2n) is 2.64. The van der Waals surface area contributed by atoms with E-state index in [0.717, 1.165) is 11.1 Å². The zero-order valence-electron chi connectivity index (χ0n) is 7.42. The van der Waals surface area contributed by atoms with E-state index in [0.29, 0.717) is 6.61 Å². The van der Waals surface area contributed by atoms with Crippen LogP contribution < -0.4 is 0 Å². The van der Waals surface area contributed by atoms with E-state index in [2.05, 4.69) is 13.8 Å². The Morgan fingerprint density at radius 2 is 2.08 bits per heavy atom. The highest BCUT2D eigenvalue weighted by molar-refractivity contribution is 5.31. The van der Waals surface area contributed by atoms with Crippen LogP contribution in [0.15, 0.2) is 24.3 Å². The summed E-state index contributed by atoms with van der Waals surface area (Å²) in [6, 6.07) is 7.90. The average Bonchev–Trinajstić information content (AvgIpc) is 2.05. The molecule has 0 saturated carbocycles. The summed E-state index contributed by atoms with van der Waals surface area (Å²) >= 11 is 0. The zero-order chi connectivity index (χ0) is 8.97. The molecule has 1 nitrogen and oxygen atoms in total. The van der Waals surface area contributed by atoms with Gasteiger partial charge < -0.3 is 4.74 Å². The van der Waals surface area contributed by atoms with Crippen molar-refractivity contribution in [2.24, 2.45) is 0 Å². The zero-order valence-corrected chi connectivity index (χ0v) is 7.42. The molecule has 1 heteroatoms. The van der Waals surface area contributed by atoms with Crippen LogP contribution in [0.3, 0.4) is 0 Å². The highest BCUT2D eigenvalue weighted by Crippen LogP contribution is 2.19. The summed E-state index contributed by atoms with van der Waals surface area (Å²) in [6.07, 6.45) is -0.0938. The summed E-state index contributed by atoms with van der Waals surface area (Å²) < 4.78 is 5.36. The molecule has 0 bridgehead atoms. The minimum Gasteiger partial charge on any atom is -0.374 e. The Kier molecular flexibility index (Phi) is 3.30. The Bertz CT molecular complexity index is 243. The molecule has 0 amide bonds. The molecule has 0 N–H and O–H groups in total. The molecule has 0 aliphatic carbocycles. The maximum absolute atomic E-state index is 5.36. The molecule has 1 aromatic carbocycles. The third-order valence-corrected chi connectivity index (χ3v) is 1.77. The molecular formula is C11H14O. The van der Waals surface area contributed by atoms with Gasteiger partial charge in [0.2, 0.25) is 0 Å². The van der Waals surface area contributed by atoms with Gasteiger partial charge in [-0.2, -0.15) is 0 Å². The summed E-state index contributed by atoms with van der Waals surface area (Å²) in [5.41, 5.74) is 2.06. The summed E-state index contributed by atoms with van der Waals surface area (Å²) in [6.45, 7) is 10.4. The molecule has 1 rings (SSSR count). The molecule has 0 spiro atoms. The number of rotatable bonds is 3. The van der Waals surface area contributed by atoms with Crippen LogP contribution in [-0.2, 0) is 4.74 Å². The van der Waals surface area contributed by atoms with E-state index in [-0.39, 0.29) is 6.10 Å². The Labute approximate surface area is 74.4 Å². The van der Waals surface area contributed by atoms with Crippen molar-refractivity contribution in [1.29, 1.82) is 0 Å². The molecule has 0 heterocycles. The van der Waals surface area contributed by atoms with E-state index in [9.17, 15) is 0 Å². The van der Waals surface area contributed by atoms with E-state index < -0.39 is 0 Å². The number of hydrogen-bond acceptors (Lipinski definition) is 1. The Morgan fingerprint density at radius 3 is 2.67 bits per heavy atom. The highest BCUT2D eigenvalue weighted by atomic mass is 16.5. The third-order valence-electron chi connectivity index (χ3n) is 1.77. The van der Waals surface area contributed by atoms with Gasteiger partial charge >= 0.3 is 0 Å². The quantitative estimate of drug-likeness (QED) is 0.664. The fraction of sp³-hybridized carbons (Fsp3) is 0.273. The largest absolute Gasteiger partial charge is 0.374 e.